The fourth-order valence-electron chi connectivity index (χ4n) is 5.69. The molecule has 0 saturated carbocycles. The summed E-state index contributed by atoms with van der Waals surface area (Å²) < 4.78 is 10.8. The van der Waals surface area contributed by atoms with E-state index < -0.39 is 29.9 Å². The van der Waals surface area contributed by atoms with E-state index in [1.165, 1.54) is 7.11 Å². The van der Waals surface area contributed by atoms with Crippen LogP contribution in [0.3, 0.4) is 0 Å². The number of nitrogens with zero attached hydrogens (tertiary/aromatic N) is 1. The van der Waals surface area contributed by atoms with Crippen LogP contribution in [-0.2, 0) is 25.7 Å². The standard InChI is InChI=1S/C33H38N2O5/c1-33(2,3)20-26(36)35-29(23-16-10-7-11-17-23)28(32(38)40-5)27(22-14-8-6-9-15-22)30(35)31(37)34-21-24-18-12-13-19-25(24)39-4/h6-19,27-30H,20-21H2,1-5H3,(H,34,37). The third kappa shape index (κ3) is 6.19. The Morgan fingerprint density at radius 3 is 1.98 bits per heavy atom. The molecule has 0 spiro atoms. The van der Waals surface area contributed by atoms with E-state index in [4.69, 9.17) is 9.47 Å². The topological polar surface area (TPSA) is 84.9 Å². The molecule has 0 aliphatic carbocycles. The fourth-order valence-corrected chi connectivity index (χ4v) is 5.69. The lowest BCUT2D eigenvalue weighted by atomic mass is 9.80. The van der Waals surface area contributed by atoms with Crippen molar-refractivity contribution < 1.29 is 23.9 Å². The molecule has 3 aromatic carbocycles. The van der Waals surface area contributed by atoms with Gasteiger partial charge in [0.25, 0.3) is 0 Å². The summed E-state index contributed by atoms with van der Waals surface area (Å²) in [6.07, 6.45) is 0.210. The molecule has 0 radical (unpaired) electrons. The molecule has 210 valence electrons. The van der Waals surface area contributed by atoms with Gasteiger partial charge >= 0.3 is 5.97 Å². The molecule has 0 bridgehead atoms. The maximum atomic E-state index is 14.2. The number of hydrogen-bond acceptors (Lipinski definition) is 5. The summed E-state index contributed by atoms with van der Waals surface area (Å²) in [4.78, 5) is 43.6. The summed E-state index contributed by atoms with van der Waals surface area (Å²) in [7, 11) is 2.93. The first kappa shape index (κ1) is 28.9. The van der Waals surface area contributed by atoms with Gasteiger partial charge in [-0.25, -0.2) is 0 Å². The van der Waals surface area contributed by atoms with Crippen molar-refractivity contribution >= 4 is 17.8 Å². The molecule has 4 atom stereocenters. The van der Waals surface area contributed by atoms with Crippen LogP contribution >= 0.6 is 0 Å². The fraction of sp³-hybridized carbons (Fsp3) is 0.364. The molecule has 7 nitrogen and oxygen atoms in total. The highest BCUT2D eigenvalue weighted by atomic mass is 16.5. The van der Waals surface area contributed by atoms with E-state index in [9.17, 15) is 14.4 Å². The Morgan fingerprint density at radius 1 is 0.825 bits per heavy atom. The third-order valence-electron chi connectivity index (χ3n) is 7.35. The zero-order valence-electron chi connectivity index (χ0n) is 23.8. The van der Waals surface area contributed by atoms with Crippen molar-refractivity contribution in [1.82, 2.24) is 10.2 Å². The van der Waals surface area contributed by atoms with E-state index in [0.29, 0.717) is 5.75 Å². The zero-order chi connectivity index (χ0) is 28.9. The van der Waals surface area contributed by atoms with E-state index in [1.807, 2.05) is 106 Å². The predicted molar refractivity (Wildman–Crippen MR) is 153 cm³/mol. The van der Waals surface area contributed by atoms with Crippen LogP contribution in [0, 0.1) is 11.3 Å². The summed E-state index contributed by atoms with van der Waals surface area (Å²) in [6, 6.07) is 24.7. The van der Waals surface area contributed by atoms with Crippen LogP contribution in [0.4, 0.5) is 0 Å². The second-order valence-electron chi connectivity index (χ2n) is 11.4. The number of rotatable bonds is 8. The Balaban J connectivity index is 1.86. The Bertz CT molecular complexity index is 1320. The van der Waals surface area contributed by atoms with Crippen LogP contribution in [0.15, 0.2) is 84.9 Å². The van der Waals surface area contributed by atoms with Crippen LogP contribution in [0.2, 0.25) is 0 Å². The first-order chi connectivity index (χ1) is 19.2. The lowest BCUT2D eigenvalue weighted by Gasteiger charge is -2.33. The number of carbonyl (C=O) groups excluding carboxylic acids is 3. The minimum Gasteiger partial charge on any atom is -0.496 e. The monoisotopic (exact) mass is 542 g/mol. The lowest BCUT2D eigenvalue weighted by Crippen LogP contribution is -2.49. The highest BCUT2D eigenvalue weighted by Crippen LogP contribution is 2.51. The second kappa shape index (κ2) is 12.4. The first-order valence-electron chi connectivity index (χ1n) is 13.5. The van der Waals surface area contributed by atoms with Gasteiger partial charge in [-0.05, 0) is 22.6 Å². The van der Waals surface area contributed by atoms with Crippen LogP contribution < -0.4 is 10.1 Å². The quantitative estimate of drug-likeness (QED) is 0.392. The van der Waals surface area contributed by atoms with Gasteiger partial charge in [-0.2, -0.15) is 0 Å². The number of ether oxygens (including phenoxy) is 2. The average molecular weight is 543 g/mol. The van der Waals surface area contributed by atoms with Crippen LogP contribution in [0.1, 0.15) is 55.8 Å². The number of para-hydroxylation sites is 1. The highest BCUT2D eigenvalue weighted by molar-refractivity contribution is 5.92. The molecule has 2 amide bonds. The molecule has 1 aliphatic heterocycles. The first-order valence-corrected chi connectivity index (χ1v) is 13.5. The molecule has 40 heavy (non-hydrogen) atoms. The zero-order valence-corrected chi connectivity index (χ0v) is 23.8. The molecule has 1 fully saturated rings. The van der Waals surface area contributed by atoms with Crippen LogP contribution in [-0.4, -0.2) is 42.9 Å². The van der Waals surface area contributed by atoms with Gasteiger partial charge in [0.2, 0.25) is 11.8 Å². The normalized spacial score (nSPS) is 20.6. The van der Waals surface area contributed by atoms with Crippen molar-refractivity contribution in [3.63, 3.8) is 0 Å². The lowest BCUT2D eigenvalue weighted by molar-refractivity contribution is -0.148. The molecule has 3 aromatic rings. The second-order valence-corrected chi connectivity index (χ2v) is 11.4. The molecule has 7 heteroatoms. The Kier molecular flexibility index (Phi) is 8.93. The van der Waals surface area contributed by atoms with E-state index in [0.717, 1.165) is 16.7 Å². The SMILES string of the molecule is COC(=O)C1C(c2ccccc2)C(C(=O)NCc2ccccc2OC)N(C(=O)CC(C)(C)C)C1c1ccccc1. The molecule has 4 unspecified atom stereocenters. The van der Waals surface area contributed by atoms with E-state index >= 15 is 0 Å². The van der Waals surface area contributed by atoms with Gasteiger partial charge in [0.05, 0.1) is 26.2 Å². The number of nitrogens with one attached hydrogen (secondary N) is 1. The summed E-state index contributed by atoms with van der Waals surface area (Å²) in [5, 5.41) is 3.05. The van der Waals surface area contributed by atoms with Gasteiger partial charge in [0, 0.05) is 24.4 Å². The minimum absolute atomic E-state index is 0.189. The van der Waals surface area contributed by atoms with Crippen molar-refractivity contribution in [2.24, 2.45) is 11.3 Å². The van der Waals surface area contributed by atoms with Gasteiger partial charge in [-0.15, -0.1) is 0 Å². The number of hydrogen-bond donors (Lipinski definition) is 1. The number of methoxy groups -OCH3 is 2. The van der Waals surface area contributed by atoms with E-state index in [1.54, 1.807) is 12.0 Å². The molecule has 1 heterocycles. The molecule has 1 N–H and O–H groups in total. The number of amides is 2. The summed E-state index contributed by atoms with van der Waals surface area (Å²) in [5.74, 6) is -1.75. The highest BCUT2D eigenvalue weighted by Gasteiger charge is 2.58. The van der Waals surface area contributed by atoms with Crippen molar-refractivity contribution in [3.8, 4) is 5.75 Å². The van der Waals surface area contributed by atoms with Crippen molar-refractivity contribution in [1.29, 1.82) is 0 Å². The summed E-state index contributed by atoms with van der Waals surface area (Å²) in [6.45, 7) is 6.17. The Hall–Kier alpha value is -4.13. The smallest absolute Gasteiger partial charge is 0.311 e. The van der Waals surface area contributed by atoms with Crippen LogP contribution in [0.5, 0.6) is 5.75 Å². The van der Waals surface area contributed by atoms with Crippen molar-refractivity contribution in [2.75, 3.05) is 14.2 Å². The number of likely N-dealkylation sites (tertiary alicyclic amines) is 1. The number of carbonyl (C=O) groups is 3. The number of benzene rings is 3. The van der Waals surface area contributed by atoms with Gasteiger partial charge < -0.3 is 19.7 Å². The maximum Gasteiger partial charge on any atom is 0.311 e. The molecule has 4 rings (SSSR count). The molecule has 1 saturated heterocycles. The summed E-state index contributed by atoms with van der Waals surface area (Å²) >= 11 is 0. The van der Waals surface area contributed by atoms with Crippen molar-refractivity contribution in [3.05, 3.63) is 102 Å². The maximum absolute atomic E-state index is 14.2. The van der Waals surface area contributed by atoms with E-state index in [2.05, 4.69) is 5.32 Å². The van der Waals surface area contributed by atoms with E-state index in [-0.39, 0.29) is 30.2 Å². The molecular weight excluding hydrogens is 504 g/mol. The van der Waals surface area contributed by atoms with Crippen LogP contribution in [0.25, 0.3) is 0 Å². The predicted octanol–water partition coefficient (Wildman–Crippen LogP) is 5.27. The Morgan fingerprint density at radius 2 is 1.40 bits per heavy atom. The summed E-state index contributed by atoms with van der Waals surface area (Å²) in [5.41, 5.74) is 2.05. The van der Waals surface area contributed by atoms with Gasteiger partial charge in [0.15, 0.2) is 0 Å². The third-order valence-corrected chi connectivity index (χ3v) is 7.35. The molecule has 0 aromatic heterocycles. The molecular formula is C33H38N2O5. The molecule has 1 aliphatic rings. The number of esters is 1. The van der Waals surface area contributed by atoms with Crippen molar-refractivity contribution in [2.45, 2.75) is 51.7 Å². The average Bonchev–Trinajstić information content (AvgIpc) is 3.32. The largest absolute Gasteiger partial charge is 0.496 e. The minimum atomic E-state index is -0.943. The Labute approximate surface area is 236 Å². The van der Waals surface area contributed by atoms with Gasteiger partial charge in [-0.3, -0.25) is 14.4 Å². The van der Waals surface area contributed by atoms with Gasteiger partial charge in [0.1, 0.15) is 11.8 Å². The van der Waals surface area contributed by atoms with Gasteiger partial charge in [-0.1, -0.05) is 99.6 Å².